The lowest BCUT2D eigenvalue weighted by Crippen LogP contribution is -2.49. The van der Waals surface area contributed by atoms with E-state index in [1.54, 1.807) is 6.07 Å². The summed E-state index contributed by atoms with van der Waals surface area (Å²) in [5.41, 5.74) is 3.90. The van der Waals surface area contributed by atoms with E-state index in [0.29, 0.717) is 18.5 Å². The zero-order valence-electron chi connectivity index (χ0n) is 15.1. The molecule has 0 spiro atoms. The van der Waals surface area contributed by atoms with Crippen molar-refractivity contribution in [2.45, 2.75) is 38.7 Å². The highest BCUT2D eigenvalue weighted by Crippen LogP contribution is 2.28. The standard InChI is InChI=1S/C21H24N2O3/c1-14-7-8-18(15(2)11-14)23-20(25)19(24)22-13-21(26)10-9-16-5-3-4-6-17(16)12-21/h3-8,11,26H,9-10,12-13H2,1-2H3,(H,22,24)(H,23,25). The predicted molar refractivity (Wildman–Crippen MR) is 101 cm³/mol. The lowest BCUT2D eigenvalue weighted by molar-refractivity contribution is -0.136. The van der Waals surface area contributed by atoms with E-state index in [-0.39, 0.29) is 6.54 Å². The van der Waals surface area contributed by atoms with Crippen molar-refractivity contribution in [1.82, 2.24) is 5.32 Å². The fraction of sp³-hybridized carbons (Fsp3) is 0.333. The summed E-state index contributed by atoms with van der Waals surface area (Å²) < 4.78 is 0. The van der Waals surface area contributed by atoms with Crippen LogP contribution in [0.25, 0.3) is 0 Å². The maximum atomic E-state index is 12.1. The first-order valence-electron chi connectivity index (χ1n) is 8.82. The van der Waals surface area contributed by atoms with E-state index >= 15 is 0 Å². The predicted octanol–water partition coefficient (Wildman–Crippen LogP) is 2.28. The van der Waals surface area contributed by atoms with Crippen LogP contribution in [0.3, 0.4) is 0 Å². The summed E-state index contributed by atoms with van der Waals surface area (Å²) in [6.07, 6.45) is 1.79. The van der Waals surface area contributed by atoms with Crippen molar-refractivity contribution in [3.05, 3.63) is 64.7 Å². The van der Waals surface area contributed by atoms with Gasteiger partial charge >= 0.3 is 11.8 Å². The minimum Gasteiger partial charge on any atom is -0.388 e. The molecule has 0 saturated carbocycles. The molecule has 2 aromatic carbocycles. The molecule has 26 heavy (non-hydrogen) atoms. The second-order valence-corrected chi connectivity index (χ2v) is 7.13. The molecule has 1 atom stereocenters. The van der Waals surface area contributed by atoms with E-state index in [2.05, 4.69) is 16.7 Å². The molecule has 136 valence electrons. The Kier molecular flexibility index (Phi) is 5.09. The smallest absolute Gasteiger partial charge is 0.313 e. The number of carbonyl (C=O) groups excluding carboxylic acids is 2. The van der Waals surface area contributed by atoms with Crippen LogP contribution in [0.5, 0.6) is 0 Å². The van der Waals surface area contributed by atoms with Gasteiger partial charge < -0.3 is 15.7 Å². The molecule has 0 bridgehead atoms. The Hall–Kier alpha value is -2.66. The molecule has 1 unspecified atom stereocenters. The first-order chi connectivity index (χ1) is 12.4. The lowest BCUT2D eigenvalue weighted by Gasteiger charge is -2.33. The quantitative estimate of drug-likeness (QED) is 0.742. The summed E-state index contributed by atoms with van der Waals surface area (Å²) in [7, 11) is 0. The SMILES string of the molecule is Cc1ccc(NC(=O)C(=O)NCC2(O)CCc3ccccc3C2)c(C)c1. The molecule has 5 nitrogen and oxygen atoms in total. The third-order valence-corrected chi connectivity index (χ3v) is 4.91. The number of hydrogen-bond acceptors (Lipinski definition) is 3. The fourth-order valence-corrected chi connectivity index (χ4v) is 3.39. The average molecular weight is 352 g/mol. The van der Waals surface area contributed by atoms with Crippen LogP contribution in [0.4, 0.5) is 5.69 Å². The van der Waals surface area contributed by atoms with Crippen LogP contribution in [0, 0.1) is 13.8 Å². The van der Waals surface area contributed by atoms with E-state index in [1.165, 1.54) is 5.56 Å². The summed E-state index contributed by atoms with van der Waals surface area (Å²) in [6.45, 7) is 3.90. The molecule has 3 rings (SSSR count). The molecule has 0 fully saturated rings. The minimum atomic E-state index is -1.02. The highest BCUT2D eigenvalue weighted by molar-refractivity contribution is 6.39. The van der Waals surface area contributed by atoms with Gasteiger partial charge in [-0.2, -0.15) is 0 Å². The first-order valence-corrected chi connectivity index (χ1v) is 8.82. The summed E-state index contributed by atoms with van der Waals surface area (Å²) in [4.78, 5) is 24.2. The van der Waals surface area contributed by atoms with Gasteiger partial charge in [-0.25, -0.2) is 0 Å². The normalized spacial score (nSPS) is 18.7. The van der Waals surface area contributed by atoms with E-state index in [1.807, 2.05) is 44.2 Å². The Balaban J connectivity index is 1.57. The van der Waals surface area contributed by atoms with E-state index in [0.717, 1.165) is 23.1 Å². The van der Waals surface area contributed by atoms with Gasteiger partial charge in [0.15, 0.2) is 0 Å². The van der Waals surface area contributed by atoms with Crippen molar-refractivity contribution in [3.63, 3.8) is 0 Å². The molecule has 2 amide bonds. The first kappa shape index (κ1) is 18.1. The molecule has 0 heterocycles. The van der Waals surface area contributed by atoms with Crippen molar-refractivity contribution in [3.8, 4) is 0 Å². The van der Waals surface area contributed by atoms with Crippen LogP contribution in [-0.2, 0) is 22.4 Å². The van der Waals surface area contributed by atoms with Crippen molar-refractivity contribution >= 4 is 17.5 Å². The van der Waals surface area contributed by atoms with Crippen molar-refractivity contribution in [1.29, 1.82) is 0 Å². The molecule has 3 N–H and O–H groups in total. The minimum absolute atomic E-state index is 0.0560. The fourth-order valence-electron chi connectivity index (χ4n) is 3.39. The van der Waals surface area contributed by atoms with Crippen molar-refractivity contribution in [2.75, 3.05) is 11.9 Å². The Labute approximate surface area is 153 Å². The van der Waals surface area contributed by atoms with Crippen molar-refractivity contribution in [2.24, 2.45) is 0 Å². The molecule has 0 saturated heterocycles. The van der Waals surface area contributed by atoms with E-state index < -0.39 is 17.4 Å². The van der Waals surface area contributed by atoms with Gasteiger partial charge in [0, 0.05) is 18.7 Å². The molecular formula is C21H24N2O3. The highest BCUT2D eigenvalue weighted by Gasteiger charge is 2.33. The van der Waals surface area contributed by atoms with Gasteiger partial charge in [-0.3, -0.25) is 9.59 Å². The van der Waals surface area contributed by atoms with Crippen LogP contribution in [0.15, 0.2) is 42.5 Å². The van der Waals surface area contributed by atoms with Crippen LogP contribution in [0.1, 0.15) is 28.7 Å². The van der Waals surface area contributed by atoms with Gasteiger partial charge in [0.1, 0.15) is 0 Å². The van der Waals surface area contributed by atoms with Gasteiger partial charge in [0.05, 0.1) is 5.60 Å². The summed E-state index contributed by atoms with van der Waals surface area (Å²) >= 11 is 0. The van der Waals surface area contributed by atoms with Gasteiger partial charge in [-0.05, 0) is 49.4 Å². The largest absolute Gasteiger partial charge is 0.388 e. The zero-order chi connectivity index (χ0) is 18.7. The van der Waals surface area contributed by atoms with Gasteiger partial charge in [-0.1, -0.05) is 42.0 Å². The number of fused-ring (bicyclic) bond motifs is 1. The number of nitrogens with one attached hydrogen (secondary N) is 2. The second kappa shape index (κ2) is 7.30. The van der Waals surface area contributed by atoms with Gasteiger partial charge in [0.25, 0.3) is 0 Å². The number of rotatable bonds is 3. The highest BCUT2D eigenvalue weighted by atomic mass is 16.3. The van der Waals surface area contributed by atoms with E-state index in [9.17, 15) is 14.7 Å². The number of benzene rings is 2. The number of anilines is 1. The number of amides is 2. The summed E-state index contributed by atoms with van der Waals surface area (Å²) in [5, 5.41) is 16.0. The molecule has 2 aromatic rings. The van der Waals surface area contributed by atoms with Gasteiger partial charge in [0.2, 0.25) is 0 Å². The van der Waals surface area contributed by atoms with Crippen LogP contribution >= 0.6 is 0 Å². The second-order valence-electron chi connectivity index (χ2n) is 7.13. The Bertz CT molecular complexity index is 847. The third kappa shape index (κ3) is 4.11. The maximum Gasteiger partial charge on any atom is 0.313 e. The topological polar surface area (TPSA) is 78.4 Å². The molecule has 0 aromatic heterocycles. The third-order valence-electron chi connectivity index (χ3n) is 4.91. The maximum absolute atomic E-state index is 12.1. The van der Waals surface area contributed by atoms with Crippen molar-refractivity contribution < 1.29 is 14.7 Å². The summed E-state index contributed by atoms with van der Waals surface area (Å²) in [6, 6.07) is 13.6. The summed E-state index contributed by atoms with van der Waals surface area (Å²) in [5.74, 6) is -1.46. The Morgan fingerprint density at radius 2 is 1.81 bits per heavy atom. The molecule has 0 radical (unpaired) electrons. The van der Waals surface area contributed by atoms with Crippen LogP contribution in [-0.4, -0.2) is 29.1 Å². The van der Waals surface area contributed by atoms with Crippen LogP contribution in [0.2, 0.25) is 0 Å². The molecule has 5 heteroatoms. The lowest BCUT2D eigenvalue weighted by atomic mass is 9.80. The number of aliphatic hydroxyl groups is 1. The Morgan fingerprint density at radius 3 is 2.54 bits per heavy atom. The molecule has 0 aliphatic heterocycles. The number of aryl methyl sites for hydroxylation is 3. The number of hydrogen-bond donors (Lipinski definition) is 3. The zero-order valence-corrected chi connectivity index (χ0v) is 15.1. The van der Waals surface area contributed by atoms with E-state index in [4.69, 9.17) is 0 Å². The molecule has 1 aliphatic carbocycles. The monoisotopic (exact) mass is 352 g/mol. The number of carbonyl (C=O) groups is 2. The molecular weight excluding hydrogens is 328 g/mol. The van der Waals surface area contributed by atoms with Gasteiger partial charge in [-0.15, -0.1) is 0 Å². The molecule has 1 aliphatic rings. The average Bonchev–Trinajstić information content (AvgIpc) is 2.62. The Morgan fingerprint density at radius 1 is 1.08 bits per heavy atom. The van der Waals surface area contributed by atoms with Crippen LogP contribution < -0.4 is 10.6 Å².